The van der Waals surface area contributed by atoms with Gasteiger partial charge in [-0.2, -0.15) is 4.31 Å². The third-order valence-corrected chi connectivity index (χ3v) is 6.17. The van der Waals surface area contributed by atoms with Crippen LogP contribution >= 0.6 is 11.3 Å². The number of thiazole rings is 1. The van der Waals surface area contributed by atoms with Crippen LogP contribution in [0.3, 0.4) is 0 Å². The average Bonchev–Trinajstić information content (AvgIpc) is 3.10. The van der Waals surface area contributed by atoms with Gasteiger partial charge in [0.05, 0.1) is 41.4 Å². The lowest BCUT2D eigenvalue weighted by Gasteiger charge is -2.26. The molecule has 1 fully saturated rings. The summed E-state index contributed by atoms with van der Waals surface area (Å²) in [7, 11) is -3.76. The fourth-order valence-electron chi connectivity index (χ4n) is 2.38. The van der Waals surface area contributed by atoms with Crippen molar-refractivity contribution in [1.29, 1.82) is 0 Å². The van der Waals surface area contributed by atoms with Gasteiger partial charge in [-0.3, -0.25) is 4.79 Å². The molecule has 0 unspecified atom stereocenters. The highest BCUT2D eigenvalue weighted by atomic mass is 32.2. The van der Waals surface area contributed by atoms with Crippen LogP contribution in [0.1, 0.15) is 5.69 Å². The predicted molar refractivity (Wildman–Crippen MR) is 90.4 cm³/mol. The molecule has 3 rings (SSSR count). The average molecular weight is 385 g/mol. The van der Waals surface area contributed by atoms with Crippen LogP contribution in [-0.4, -0.2) is 49.9 Å². The molecule has 1 aliphatic heterocycles. The number of benzene rings is 1. The summed E-state index contributed by atoms with van der Waals surface area (Å²) in [5, 5.41) is 4.12. The molecule has 1 saturated heterocycles. The number of aromatic nitrogens is 1. The van der Waals surface area contributed by atoms with Gasteiger partial charge in [-0.1, -0.05) is 0 Å². The standard InChI is InChI=1S/C15H16FN3O4S2/c16-13-2-1-12(25(21,22)19-3-5-23-6-4-19)8-14(13)18-15(20)7-11-9-24-10-17-11/h1-2,8-10H,3-7H2,(H,18,20). The van der Waals surface area contributed by atoms with E-state index in [1.54, 1.807) is 10.9 Å². The largest absolute Gasteiger partial charge is 0.379 e. The number of carbonyl (C=O) groups is 1. The Hall–Kier alpha value is -1.88. The Morgan fingerprint density at radius 1 is 1.36 bits per heavy atom. The quantitative estimate of drug-likeness (QED) is 0.842. The molecule has 2 aromatic rings. The van der Waals surface area contributed by atoms with Gasteiger partial charge in [0.2, 0.25) is 15.9 Å². The van der Waals surface area contributed by atoms with E-state index in [1.807, 2.05) is 0 Å². The zero-order valence-corrected chi connectivity index (χ0v) is 14.8. The highest BCUT2D eigenvalue weighted by Gasteiger charge is 2.27. The zero-order chi connectivity index (χ0) is 17.9. The van der Waals surface area contributed by atoms with Gasteiger partial charge in [0, 0.05) is 18.5 Å². The molecule has 1 aromatic carbocycles. The normalized spacial score (nSPS) is 15.9. The van der Waals surface area contributed by atoms with Crippen molar-refractivity contribution >= 4 is 33.0 Å². The van der Waals surface area contributed by atoms with Gasteiger partial charge in [0.1, 0.15) is 5.82 Å². The van der Waals surface area contributed by atoms with E-state index in [0.29, 0.717) is 18.9 Å². The maximum atomic E-state index is 14.0. The van der Waals surface area contributed by atoms with Crippen LogP contribution in [0.15, 0.2) is 34.0 Å². The molecule has 25 heavy (non-hydrogen) atoms. The summed E-state index contributed by atoms with van der Waals surface area (Å²) in [5.41, 5.74) is 1.99. The number of nitrogens with one attached hydrogen (secondary N) is 1. The molecule has 1 N–H and O–H groups in total. The maximum absolute atomic E-state index is 14.0. The number of sulfonamides is 1. The van der Waals surface area contributed by atoms with Crippen LogP contribution in [-0.2, 0) is 26.0 Å². The summed E-state index contributed by atoms with van der Waals surface area (Å²) >= 11 is 1.35. The molecule has 2 heterocycles. The number of carbonyl (C=O) groups excluding carboxylic acids is 1. The number of morpholine rings is 1. The minimum absolute atomic E-state index is 0.0105. The molecule has 10 heteroatoms. The lowest BCUT2D eigenvalue weighted by Crippen LogP contribution is -2.40. The van der Waals surface area contributed by atoms with Crippen LogP contribution in [0, 0.1) is 5.82 Å². The fraction of sp³-hybridized carbons (Fsp3) is 0.333. The van der Waals surface area contributed by atoms with Crippen molar-refractivity contribution in [3.8, 4) is 0 Å². The van der Waals surface area contributed by atoms with E-state index in [2.05, 4.69) is 10.3 Å². The first-order chi connectivity index (χ1) is 12.0. The smallest absolute Gasteiger partial charge is 0.243 e. The first-order valence-electron chi connectivity index (χ1n) is 7.51. The second-order valence-corrected chi connectivity index (χ2v) is 8.02. The van der Waals surface area contributed by atoms with E-state index in [-0.39, 0.29) is 30.1 Å². The molecule has 0 radical (unpaired) electrons. The van der Waals surface area contributed by atoms with Crippen molar-refractivity contribution in [3.05, 3.63) is 40.6 Å². The van der Waals surface area contributed by atoms with Crippen molar-refractivity contribution in [2.75, 3.05) is 31.6 Å². The summed E-state index contributed by atoms with van der Waals surface area (Å²) in [6.07, 6.45) is -0.0105. The van der Waals surface area contributed by atoms with Crippen molar-refractivity contribution in [1.82, 2.24) is 9.29 Å². The maximum Gasteiger partial charge on any atom is 0.243 e. The summed E-state index contributed by atoms with van der Waals surface area (Å²) in [6, 6.07) is 3.36. The Morgan fingerprint density at radius 2 is 2.12 bits per heavy atom. The van der Waals surface area contributed by atoms with Crippen molar-refractivity contribution < 1.29 is 22.3 Å². The Bertz CT molecular complexity index is 850. The molecule has 1 amide bonds. The molecule has 0 spiro atoms. The minimum Gasteiger partial charge on any atom is -0.379 e. The second-order valence-electron chi connectivity index (χ2n) is 5.36. The van der Waals surface area contributed by atoms with Crippen molar-refractivity contribution in [2.45, 2.75) is 11.3 Å². The molecule has 0 aliphatic carbocycles. The molecule has 0 bridgehead atoms. The number of nitrogens with zero attached hydrogens (tertiary/aromatic N) is 2. The van der Waals surface area contributed by atoms with E-state index in [0.717, 1.165) is 12.1 Å². The number of rotatable bonds is 5. The fourth-order valence-corrected chi connectivity index (χ4v) is 4.37. The summed E-state index contributed by atoms with van der Waals surface area (Å²) in [6.45, 7) is 1.12. The van der Waals surface area contributed by atoms with E-state index in [9.17, 15) is 17.6 Å². The third kappa shape index (κ3) is 4.21. The van der Waals surface area contributed by atoms with E-state index in [1.165, 1.54) is 21.7 Å². The molecule has 0 atom stereocenters. The second kappa shape index (κ2) is 7.56. The van der Waals surface area contributed by atoms with Gasteiger partial charge in [0.25, 0.3) is 0 Å². The molecule has 1 aliphatic rings. The lowest BCUT2D eigenvalue weighted by molar-refractivity contribution is -0.115. The number of hydrogen-bond acceptors (Lipinski definition) is 6. The SMILES string of the molecule is O=C(Cc1cscn1)Nc1cc(S(=O)(=O)N2CCOCC2)ccc1F. The monoisotopic (exact) mass is 385 g/mol. The highest BCUT2D eigenvalue weighted by molar-refractivity contribution is 7.89. The highest BCUT2D eigenvalue weighted by Crippen LogP contribution is 2.23. The minimum atomic E-state index is -3.76. The molecule has 134 valence electrons. The van der Waals surface area contributed by atoms with Crippen LogP contribution < -0.4 is 5.32 Å². The van der Waals surface area contributed by atoms with E-state index in [4.69, 9.17) is 4.74 Å². The Labute approximate surface area is 148 Å². The zero-order valence-electron chi connectivity index (χ0n) is 13.1. The van der Waals surface area contributed by atoms with Gasteiger partial charge in [-0.15, -0.1) is 11.3 Å². The molecular formula is C15H16FN3O4S2. The molecule has 1 aromatic heterocycles. The van der Waals surface area contributed by atoms with Gasteiger partial charge in [-0.25, -0.2) is 17.8 Å². The summed E-state index contributed by atoms with van der Waals surface area (Å²) < 4.78 is 45.7. The number of amides is 1. The molecule has 7 nitrogen and oxygen atoms in total. The summed E-state index contributed by atoms with van der Waals surface area (Å²) in [5.74, 6) is -1.17. The van der Waals surface area contributed by atoms with Gasteiger partial charge in [0.15, 0.2) is 0 Å². The van der Waals surface area contributed by atoms with Gasteiger partial charge in [-0.05, 0) is 18.2 Å². The first kappa shape index (κ1) is 17.9. The first-order valence-corrected chi connectivity index (χ1v) is 9.89. The van der Waals surface area contributed by atoms with Crippen LogP contribution in [0.4, 0.5) is 10.1 Å². The summed E-state index contributed by atoms with van der Waals surface area (Å²) in [4.78, 5) is 15.9. The Morgan fingerprint density at radius 3 is 2.80 bits per heavy atom. The van der Waals surface area contributed by atoms with Crippen LogP contribution in [0.25, 0.3) is 0 Å². The van der Waals surface area contributed by atoms with Crippen molar-refractivity contribution in [2.24, 2.45) is 0 Å². The van der Waals surface area contributed by atoms with Crippen LogP contribution in [0.2, 0.25) is 0 Å². The third-order valence-electron chi connectivity index (χ3n) is 3.64. The Balaban J connectivity index is 1.79. The van der Waals surface area contributed by atoms with Gasteiger partial charge < -0.3 is 10.1 Å². The number of anilines is 1. The van der Waals surface area contributed by atoms with E-state index < -0.39 is 21.7 Å². The van der Waals surface area contributed by atoms with E-state index >= 15 is 0 Å². The number of hydrogen-bond donors (Lipinski definition) is 1. The number of ether oxygens (including phenoxy) is 1. The topological polar surface area (TPSA) is 88.6 Å². The number of halogens is 1. The lowest BCUT2D eigenvalue weighted by atomic mass is 10.2. The molecular weight excluding hydrogens is 369 g/mol. The molecule has 0 saturated carbocycles. The van der Waals surface area contributed by atoms with Gasteiger partial charge >= 0.3 is 0 Å². The Kier molecular flexibility index (Phi) is 5.42. The van der Waals surface area contributed by atoms with Crippen molar-refractivity contribution in [3.63, 3.8) is 0 Å². The predicted octanol–water partition coefficient (Wildman–Crippen LogP) is 1.48. The van der Waals surface area contributed by atoms with Crippen LogP contribution in [0.5, 0.6) is 0 Å².